The van der Waals surface area contributed by atoms with Crippen molar-refractivity contribution in [1.29, 1.82) is 0 Å². The highest BCUT2D eigenvalue weighted by Gasteiger charge is 2.19. The summed E-state index contributed by atoms with van der Waals surface area (Å²) in [5.74, 6) is 2.38. The predicted molar refractivity (Wildman–Crippen MR) is 85.7 cm³/mol. The van der Waals surface area contributed by atoms with E-state index < -0.39 is 5.60 Å². The molecule has 0 aliphatic heterocycles. The Balaban J connectivity index is 2.41. The molecule has 0 saturated carbocycles. The fraction of sp³-hybridized carbons (Fsp3) is 0.125. The van der Waals surface area contributed by atoms with Gasteiger partial charge in [0, 0.05) is 8.95 Å². The molecular formula is C16H12Br2O. The lowest BCUT2D eigenvalue weighted by atomic mass is 9.94. The molecule has 2 aromatic rings. The number of rotatable bonds is 2. The molecule has 0 heterocycles. The van der Waals surface area contributed by atoms with Gasteiger partial charge in [-0.2, -0.15) is 0 Å². The number of hydrogen-bond acceptors (Lipinski definition) is 1. The molecular weight excluding hydrogens is 368 g/mol. The fourth-order valence-corrected chi connectivity index (χ4v) is 3.06. The van der Waals surface area contributed by atoms with Crippen molar-refractivity contribution in [3.8, 4) is 23.5 Å². The zero-order valence-corrected chi connectivity index (χ0v) is 13.5. The highest BCUT2D eigenvalue weighted by molar-refractivity contribution is 9.11. The zero-order chi connectivity index (χ0) is 14.0. The van der Waals surface area contributed by atoms with Crippen molar-refractivity contribution in [1.82, 2.24) is 0 Å². The molecule has 0 aliphatic rings. The summed E-state index contributed by atoms with van der Waals surface area (Å²) >= 11 is 6.97. The maximum absolute atomic E-state index is 10.00. The molecule has 1 nitrogen and oxygen atoms in total. The summed E-state index contributed by atoms with van der Waals surface area (Å²) in [7, 11) is 0. The van der Waals surface area contributed by atoms with Crippen LogP contribution in [0.5, 0.6) is 0 Å². The summed E-state index contributed by atoms with van der Waals surface area (Å²) in [5.41, 5.74) is 1.65. The van der Waals surface area contributed by atoms with Gasteiger partial charge in [-0.1, -0.05) is 68.1 Å². The Morgan fingerprint density at radius 2 is 1.74 bits per heavy atom. The van der Waals surface area contributed by atoms with E-state index in [2.05, 4.69) is 37.8 Å². The van der Waals surface area contributed by atoms with Crippen LogP contribution < -0.4 is 0 Å². The summed E-state index contributed by atoms with van der Waals surface area (Å²) in [6.07, 6.45) is 5.32. The molecule has 2 rings (SSSR count). The van der Waals surface area contributed by atoms with Crippen molar-refractivity contribution < 1.29 is 5.11 Å². The minimum Gasteiger partial charge on any atom is -0.374 e. The quantitative estimate of drug-likeness (QED) is 0.748. The molecule has 96 valence electrons. The monoisotopic (exact) mass is 378 g/mol. The number of aliphatic hydroxyl groups is 1. The first-order chi connectivity index (χ1) is 8.94. The summed E-state index contributed by atoms with van der Waals surface area (Å²) in [6.45, 7) is 1.61. The van der Waals surface area contributed by atoms with Crippen molar-refractivity contribution >= 4 is 31.9 Å². The smallest absolute Gasteiger partial charge is 0.147 e. The van der Waals surface area contributed by atoms with Crippen LogP contribution in [0.25, 0.3) is 11.1 Å². The summed E-state index contributed by atoms with van der Waals surface area (Å²) in [4.78, 5) is 0. The molecule has 2 aromatic carbocycles. The maximum Gasteiger partial charge on any atom is 0.147 e. The molecule has 0 amide bonds. The van der Waals surface area contributed by atoms with Gasteiger partial charge in [-0.05, 0) is 35.7 Å². The van der Waals surface area contributed by atoms with E-state index in [0.29, 0.717) is 5.56 Å². The molecule has 1 N–H and O–H groups in total. The fourth-order valence-electron chi connectivity index (χ4n) is 1.78. The second-order valence-electron chi connectivity index (χ2n) is 4.42. The molecule has 19 heavy (non-hydrogen) atoms. The predicted octanol–water partition coefficient (Wildman–Crippen LogP) is 4.72. The zero-order valence-electron chi connectivity index (χ0n) is 10.3. The van der Waals surface area contributed by atoms with Gasteiger partial charge in [-0.3, -0.25) is 0 Å². The first-order valence-electron chi connectivity index (χ1n) is 5.70. The van der Waals surface area contributed by atoms with Crippen LogP contribution in [0, 0.1) is 12.3 Å². The number of hydrogen-bond donors (Lipinski definition) is 1. The Kier molecular flexibility index (Phi) is 4.15. The first-order valence-corrected chi connectivity index (χ1v) is 7.29. The van der Waals surface area contributed by atoms with E-state index >= 15 is 0 Å². The van der Waals surface area contributed by atoms with Crippen LogP contribution in [0.2, 0.25) is 0 Å². The van der Waals surface area contributed by atoms with E-state index in [9.17, 15) is 5.11 Å². The van der Waals surface area contributed by atoms with Crippen LogP contribution in [0.3, 0.4) is 0 Å². The Morgan fingerprint density at radius 3 is 2.26 bits per heavy atom. The summed E-state index contributed by atoms with van der Waals surface area (Å²) < 4.78 is 2.04. The van der Waals surface area contributed by atoms with Crippen molar-refractivity contribution in [3.63, 3.8) is 0 Å². The maximum atomic E-state index is 10.00. The lowest BCUT2D eigenvalue weighted by Crippen LogP contribution is -2.17. The number of terminal acetylenes is 1. The highest BCUT2D eigenvalue weighted by atomic mass is 79.9. The third-order valence-electron chi connectivity index (χ3n) is 2.97. The van der Waals surface area contributed by atoms with Crippen LogP contribution in [0.15, 0.2) is 51.4 Å². The van der Waals surface area contributed by atoms with Crippen LogP contribution >= 0.6 is 31.9 Å². The minimum absolute atomic E-state index is 0.715. The molecule has 1 unspecified atom stereocenters. The SMILES string of the molecule is C#CC(C)(O)c1ccc(-c2ccc(Br)cc2Br)cc1. The van der Waals surface area contributed by atoms with E-state index in [4.69, 9.17) is 6.42 Å². The van der Waals surface area contributed by atoms with Crippen LogP contribution in [-0.4, -0.2) is 5.11 Å². The van der Waals surface area contributed by atoms with E-state index in [1.807, 2.05) is 42.5 Å². The van der Waals surface area contributed by atoms with Gasteiger partial charge in [0.2, 0.25) is 0 Å². The molecule has 0 radical (unpaired) electrons. The number of benzene rings is 2. The van der Waals surface area contributed by atoms with Gasteiger partial charge >= 0.3 is 0 Å². The minimum atomic E-state index is -1.23. The van der Waals surface area contributed by atoms with Crippen LogP contribution in [-0.2, 0) is 5.60 Å². The Hall–Kier alpha value is -1.08. The van der Waals surface area contributed by atoms with Gasteiger partial charge in [-0.25, -0.2) is 0 Å². The van der Waals surface area contributed by atoms with Gasteiger partial charge in [0.15, 0.2) is 0 Å². The highest BCUT2D eigenvalue weighted by Crippen LogP contribution is 2.32. The molecule has 1 atom stereocenters. The van der Waals surface area contributed by atoms with Crippen molar-refractivity contribution in [2.45, 2.75) is 12.5 Å². The standard InChI is InChI=1S/C16H12Br2O/c1-3-16(2,19)12-6-4-11(5-7-12)14-9-8-13(17)10-15(14)18/h1,4-10,19H,2H3. The van der Waals surface area contributed by atoms with Gasteiger partial charge in [0.1, 0.15) is 5.60 Å². The van der Waals surface area contributed by atoms with E-state index in [0.717, 1.165) is 20.1 Å². The number of halogens is 2. The lowest BCUT2D eigenvalue weighted by Gasteiger charge is -2.17. The van der Waals surface area contributed by atoms with Crippen molar-refractivity contribution in [2.24, 2.45) is 0 Å². The normalized spacial score (nSPS) is 13.6. The molecule has 0 aliphatic carbocycles. The average molecular weight is 380 g/mol. The molecule has 0 fully saturated rings. The van der Waals surface area contributed by atoms with Gasteiger partial charge < -0.3 is 5.11 Å². The van der Waals surface area contributed by atoms with Gasteiger partial charge in [0.05, 0.1) is 0 Å². The van der Waals surface area contributed by atoms with Crippen LogP contribution in [0.4, 0.5) is 0 Å². The van der Waals surface area contributed by atoms with Crippen LogP contribution in [0.1, 0.15) is 12.5 Å². The summed E-state index contributed by atoms with van der Waals surface area (Å²) in [5, 5.41) is 10.00. The second kappa shape index (κ2) is 5.50. The molecule has 0 saturated heterocycles. The van der Waals surface area contributed by atoms with E-state index in [1.54, 1.807) is 6.92 Å². The third kappa shape index (κ3) is 3.09. The van der Waals surface area contributed by atoms with E-state index in [-0.39, 0.29) is 0 Å². The molecule has 0 bridgehead atoms. The van der Waals surface area contributed by atoms with Crippen molar-refractivity contribution in [3.05, 3.63) is 57.0 Å². The Morgan fingerprint density at radius 1 is 1.11 bits per heavy atom. The second-order valence-corrected chi connectivity index (χ2v) is 6.19. The largest absolute Gasteiger partial charge is 0.374 e. The third-order valence-corrected chi connectivity index (χ3v) is 4.12. The molecule has 3 heteroatoms. The Labute approximate surface area is 129 Å². The average Bonchev–Trinajstić information content (AvgIpc) is 2.39. The van der Waals surface area contributed by atoms with E-state index in [1.165, 1.54) is 0 Å². The molecule has 0 spiro atoms. The van der Waals surface area contributed by atoms with Crippen molar-refractivity contribution in [2.75, 3.05) is 0 Å². The Bertz CT molecular complexity index is 637. The first kappa shape index (κ1) is 14.3. The molecule has 0 aromatic heterocycles. The van der Waals surface area contributed by atoms with Gasteiger partial charge in [-0.15, -0.1) is 6.42 Å². The lowest BCUT2D eigenvalue weighted by molar-refractivity contribution is 0.122. The topological polar surface area (TPSA) is 20.2 Å². The van der Waals surface area contributed by atoms with Gasteiger partial charge in [0.25, 0.3) is 0 Å². The summed E-state index contributed by atoms with van der Waals surface area (Å²) in [6, 6.07) is 13.6.